The predicted octanol–water partition coefficient (Wildman–Crippen LogP) is 7.12. The molecule has 32 heavy (non-hydrogen) atoms. The Balaban J connectivity index is 1.63. The van der Waals surface area contributed by atoms with Crippen LogP contribution in [0.15, 0.2) is 127 Å². The van der Waals surface area contributed by atoms with Gasteiger partial charge in [0.15, 0.2) is 6.54 Å². The van der Waals surface area contributed by atoms with Gasteiger partial charge in [0.2, 0.25) is 11.4 Å². The molecule has 0 bridgehead atoms. The maximum atomic E-state index is 2.52. The first-order valence-electron chi connectivity index (χ1n) is 11.2. The molecule has 1 atom stereocenters. The van der Waals surface area contributed by atoms with Gasteiger partial charge in [-0.1, -0.05) is 97.1 Å². The zero-order chi connectivity index (χ0) is 21.3. The number of pyridine rings is 1. The average molecular weight is 411 g/mol. The van der Waals surface area contributed by atoms with E-state index >= 15 is 0 Å². The van der Waals surface area contributed by atoms with E-state index in [1.54, 1.807) is 0 Å². The summed E-state index contributed by atoms with van der Waals surface area (Å²) in [7, 11) is 0. The van der Waals surface area contributed by atoms with Crippen molar-refractivity contribution >= 4 is 0 Å². The Bertz CT molecular complexity index is 1360. The van der Waals surface area contributed by atoms with E-state index in [0.29, 0.717) is 5.92 Å². The van der Waals surface area contributed by atoms with Crippen LogP contribution in [0.2, 0.25) is 0 Å². The van der Waals surface area contributed by atoms with E-state index < -0.39 is 0 Å². The minimum Gasteiger partial charge on any atom is -0.190 e. The van der Waals surface area contributed by atoms with Gasteiger partial charge < -0.3 is 0 Å². The van der Waals surface area contributed by atoms with E-state index in [0.717, 1.165) is 6.54 Å². The largest absolute Gasteiger partial charge is 0.213 e. The molecule has 1 aliphatic rings. The van der Waals surface area contributed by atoms with Gasteiger partial charge in [-0.15, -0.1) is 0 Å². The summed E-state index contributed by atoms with van der Waals surface area (Å²) < 4.78 is 2.52. The molecule has 1 nitrogen and oxygen atoms in total. The third kappa shape index (κ3) is 3.23. The van der Waals surface area contributed by atoms with E-state index in [1.165, 1.54) is 44.8 Å². The Kier molecular flexibility index (Phi) is 4.66. The summed E-state index contributed by atoms with van der Waals surface area (Å²) in [6.45, 7) is 0.926. The molecule has 152 valence electrons. The van der Waals surface area contributed by atoms with Gasteiger partial charge in [0.1, 0.15) is 0 Å². The number of hydrogen-bond donors (Lipinski definition) is 0. The van der Waals surface area contributed by atoms with E-state index in [2.05, 4.69) is 132 Å². The maximum absolute atomic E-state index is 2.52. The fourth-order valence-electron chi connectivity index (χ4n) is 4.97. The van der Waals surface area contributed by atoms with Crippen LogP contribution < -0.4 is 4.57 Å². The minimum absolute atomic E-state index is 0.329. The molecule has 1 aromatic heterocycles. The van der Waals surface area contributed by atoms with Gasteiger partial charge in [-0.2, -0.15) is 4.57 Å². The highest BCUT2D eigenvalue weighted by atomic mass is 15.0. The van der Waals surface area contributed by atoms with Crippen LogP contribution in [-0.2, 0) is 6.54 Å². The van der Waals surface area contributed by atoms with Crippen molar-refractivity contribution in [3.05, 3.63) is 139 Å². The monoisotopic (exact) mass is 410 g/mol. The lowest BCUT2D eigenvalue weighted by atomic mass is 9.83. The van der Waals surface area contributed by atoms with Crippen molar-refractivity contribution in [2.75, 3.05) is 0 Å². The standard InChI is InChI=1S/C31H24N/c1-4-12-23(13-5-1)26-20-30(25-16-8-3-9-17-25)32-22-29(24-14-6-2-7-15-24)27-18-10-11-19-28(27)31(32)21-26/h1-21,29H,22H2/q+1. The van der Waals surface area contributed by atoms with Crippen molar-refractivity contribution < 1.29 is 4.57 Å². The van der Waals surface area contributed by atoms with Gasteiger partial charge in [0.25, 0.3) is 0 Å². The van der Waals surface area contributed by atoms with Crippen LogP contribution in [-0.4, -0.2) is 0 Å². The maximum Gasteiger partial charge on any atom is 0.213 e. The molecular weight excluding hydrogens is 386 g/mol. The highest BCUT2D eigenvalue weighted by Gasteiger charge is 2.34. The molecule has 0 amide bonds. The van der Waals surface area contributed by atoms with Crippen LogP contribution in [0.1, 0.15) is 17.0 Å². The van der Waals surface area contributed by atoms with E-state index in [9.17, 15) is 0 Å². The molecule has 0 aliphatic carbocycles. The van der Waals surface area contributed by atoms with Gasteiger partial charge in [-0.05, 0) is 40.5 Å². The lowest BCUT2D eigenvalue weighted by Crippen LogP contribution is -2.44. The first kappa shape index (κ1) is 18.8. The topological polar surface area (TPSA) is 3.88 Å². The lowest BCUT2D eigenvalue weighted by molar-refractivity contribution is -0.679. The van der Waals surface area contributed by atoms with Crippen molar-refractivity contribution in [1.29, 1.82) is 0 Å². The SMILES string of the molecule is c1ccc(-c2cc(-c3ccccc3)[n+]3c(c2)-c2ccccc2C(c2ccccc2)C3)cc1. The van der Waals surface area contributed by atoms with Crippen LogP contribution in [0, 0.1) is 0 Å². The average Bonchev–Trinajstić information content (AvgIpc) is 2.89. The van der Waals surface area contributed by atoms with Crippen molar-refractivity contribution in [2.45, 2.75) is 12.5 Å². The summed E-state index contributed by atoms with van der Waals surface area (Å²) in [5.41, 5.74) is 10.4. The molecule has 1 aliphatic heterocycles. The first-order chi connectivity index (χ1) is 15.9. The molecule has 0 radical (unpaired) electrons. The Hall–Kier alpha value is -3.97. The minimum atomic E-state index is 0.329. The Morgan fingerprint density at radius 2 is 1.06 bits per heavy atom. The number of nitrogens with zero attached hydrogens (tertiary/aromatic N) is 1. The second-order valence-electron chi connectivity index (χ2n) is 8.41. The first-order valence-corrected chi connectivity index (χ1v) is 11.2. The molecule has 2 heterocycles. The zero-order valence-electron chi connectivity index (χ0n) is 17.9. The summed E-state index contributed by atoms with van der Waals surface area (Å²) >= 11 is 0. The number of rotatable bonds is 3. The quantitative estimate of drug-likeness (QED) is 0.279. The lowest BCUT2D eigenvalue weighted by Gasteiger charge is -2.25. The summed E-state index contributed by atoms with van der Waals surface area (Å²) in [5, 5.41) is 0. The molecule has 6 rings (SSSR count). The van der Waals surface area contributed by atoms with Gasteiger partial charge in [-0.25, -0.2) is 0 Å². The summed E-state index contributed by atoms with van der Waals surface area (Å²) in [4.78, 5) is 0. The molecule has 0 spiro atoms. The summed E-state index contributed by atoms with van der Waals surface area (Å²) in [6, 6.07) is 46.0. The van der Waals surface area contributed by atoms with Gasteiger partial charge in [-0.3, -0.25) is 0 Å². The van der Waals surface area contributed by atoms with Crippen molar-refractivity contribution in [1.82, 2.24) is 0 Å². The zero-order valence-corrected chi connectivity index (χ0v) is 17.9. The van der Waals surface area contributed by atoms with Crippen molar-refractivity contribution in [2.24, 2.45) is 0 Å². The fourth-order valence-corrected chi connectivity index (χ4v) is 4.97. The second-order valence-corrected chi connectivity index (χ2v) is 8.41. The molecular formula is C31H24N+. The van der Waals surface area contributed by atoms with Crippen LogP contribution in [0.5, 0.6) is 0 Å². The summed E-state index contributed by atoms with van der Waals surface area (Å²) in [5.74, 6) is 0.329. The molecule has 0 saturated carbocycles. The molecule has 0 fully saturated rings. The molecule has 4 aromatic carbocycles. The number of hydrogen-bond acceptors (Lipinski definition) is 0. The van der Waals surface area contributed by atoms with Gasteiger partial charge in [0, 0.05) is 17.7 Å². The Morgan fingerprint density at radius 3 is 1.78 bits per heavy atom. The fraction of sp³-hybridized carbons (Fsp3) is 0.0645. The molecule has 0 saturated heterocycles. The van der Waals surface area contributed by atoms with Crippen LogP contribution in [0.4, 0.5) is 0 Å². The van der Waals surface area contributed by atoms with E-state index in [1.807, 2.05) is 0 Å². The number of benzene rings is 4. The third-order valence-corrected chi connectivity index (χ3v) is 6.52. The van der Waals surface area contributed by atoms with Crippen molar-refractivity contribution in [3.63, 3.8) is 0 Å². The highest BCUT2D eigenvalue weighted by Crippen LogP contribution is 2.39. The predicted molar refractivity (Wildman–Crippen MR) is 131 cm³/mol. The Morgan fingerprint density at radius 1 is 0.500 bits per heavy atom. The van der Waals surface area contributed by atoms with Gasteiger partial charge in [0.05, 0.1) is 11.5 Å². The smallest absolute Gasteiger partial charge is 0.190 e. The molecule has 5 aromatic rings. The second kappa shape index (κ2) is 7.94. The van der Waals surface area contributed by atoms with Crippen LogP contribution in [0.25, 0.3) is 33.6 Å². The number of fused-ring (bicyclic) bond motifs is 3. The molecule has 0 N–H and O–H groups in total. The normalized spacial score (nSPS) is 14.4. The summed E-state index contributed by atoms with van der Waals surface area (Å²) in [6.07, 6.45) is 0. The van der Waals surface area contributed by atoms with Crippen molar-refractivity contribution in [3.8, 4) is 33.6 Å². The van der Waals surface area contributed by atoms with E-state index in [-0.39, 0.29) is 0 Å². The number of aromatic nitrogens is 1. The highest BCUT2D eigenvalue weighted by molar-refractivity contribution is 5.75. The van der Waals surface area contributed by atoms with Crippen LogP contribution >= 0.6 is 0 Å². The van der Waals surface area contributed by atoms with E-state index in [4.69, 9.17) is 0 Å². The Labute approximate surface area is 189 Å². The van der Waals surface area contributed by atoms with Gasteiger partial charge >= 0.3 is 0 Å². The third-order valence-electron chi connectivity index (χ3n) is 6.52. The molecule has 1 heteroatoms. The van der Waals surface area contributed by atoms with Crippen LogP contribution in [0.3, 0.4) is 0 Å². The molecule has 1 unspecified atom stereocenters.